The van der Waals surface area contributed by atoms with E-state index in [1.807, 2.05) is 31.2 Å². The zero-order valence-electron chi connectivity index (χ0n) is 16.9. The van der Waals surface area contributed by atoms with Crippen LogP contribution in [0.15, 0.2) is 48.5 Å². The molecule has 1 atom stereocenters. The van der Waals surface area contributed by atoms with Crippen LogP contribution in [0.1, 0.15) is 50.2 Å². The second-order valence-electron chi connectivity index (χ2n) is 7.12. The first-order chi connectivity index (χ1) is 14.1. The highest BCUT2D eigenvalue weighted by molar-refractivity contribution is 5.79. The first kappa shape index (κ1) is 20.9. The van der Waals surface area contributed by atoms with Crippen molar-refractivity contribution in [2.24, 2.45) is 0 Å². The normalized spacial score (nSPS) is 13.3. The fraction of sp³-hybridized carbons (Fsp3) is 0.391. The topological polar surface area (TPSA) is 76.7 Å². The summed E-state index contributed by atoms with van der Waals surface area (Å²) in [5, 5.41) is 2.82. The first-order valence-electron chi connectivity index (χ1n) is 10.2. The predicted molar refractivity (Wildman–Crippen MR) is 111 cm³/mol. The Bertz CT molecular complexity index is 807. The summed E-state index contributed by atoms with van der Waals surface area (Å²) >= 11 is 0. The minimum Gasteiger partial charge on any atom is -0.449 e. The number of hydroxylamine groups is 1. The van der Waals surface area contributed by atoms with Gasteiger partial charge in [0.25, 0.3) is 0 Å². The van der Waals surface area contributed by atoms with Crippen LogP contribution in [0.3, 0.4) is 0 Å². The maximum atomic E-state index is 12.4. The molecule has 0 saturated carbocycles. The number of rotatable bonds is 9. The minimum absolute atomic E-state index is 0.0130. The summed E-state index contributed by atoms with van der Waals surface area (Å²) in [6.07, 6.45) is 1.17. The van der Waals surface area contributed by atoms with Crippen LogP contribution in [0, 0.1) is 0 Å². The molecular weight excluding hydrogens is 368 g/mol. The van der Waals surface area contributed by atoms with E-state index in [4.69, 9.17) is 9.57 Å². The number of carbonyl (C=O) groups excluding carboxylic acids is 2. The smallest absolute Gasteiger partial charge is 0.407 e. The molecule has 1 aliphatic carbocycles. The van der Waals surface area contributed by atoms with E-state index in [1.165, 1.54) is 22.3 Å². The SMILES string of the molecule is CCCC(CC(=O)NOCC)NC(=O)OCC1c2ccccc2-c2ccccc21. The van der Waals surface area contributed by atoms with Crippen molar-refractivity contribution in [3.8, 4) is 11.1 Å². The van der Waals surface area contributed by atoms with Crippen LogP contribution in [0.4, 0.5) is 4.79 Å². The number of alkyl carbamates (subject to hydrolysis) is 1. The number of carbonyl (C=O) groups is 2. The van der Waals surface area contributed by atoms with Crippen molar-refractivity contribution < 1.29 is 19.2 Å². The molecule has 0 heterocycles. The van der Waals surface area contributed by atoms with Gasteiger partial charge in [-0.2, -0.15) is 0 Å². The van der Waals surface area contributed by atoms with E-state index >= 15 is 0 Å². The van der Waals surface area contributed by atoms with Gasteiger partial charge in [0.15, 0.2) is 0 Å². The Morgan fingerprint density at radius 1 is 1.00 bits per heavy atom. The highest BCUT2D eigenvalue weighted by Gasteiger charge is 2.29. The van der Waals surface area contributed by atoms with Gasteiger partial charge < -0.3 is 10.1 Å². The summed E-state index contributed by atoms with van der Waals surface area (Å²) in [4.78, 5) is 29.2. The van der Waals surface area contributed by atoms with Crippen molar-refractivity contribution in [3.05, 3.63) is 59.7 Å². The summed E-state index contributed by atoms with van der Waals surface area (Å²) in [7, 11) is 0. The second kappa shape index (κ2) is 10.1. The van der Waals surface area contributed by atoms with Gasteiger partial charge in [0.2, 0.25) is 5.91 Å². The number of ether oxygens (including phenoxy) is 1. The number of fused-ring (bicyclic) bond motifs is 3. The van der Waals surface area contributed by atoms with Crippen LogP contribution in [0.25, 0.3) is 11.1 Å². The fourth-order valence-electron chi connectivity index (χ4n) is 3.80. The largest absolute Gasteiger partial charge is 0.449 e. The number of hydrogen-bond donors (Lipinski definition) is 2. The third-order valence-electron chi connectivity index (χ3n) is 5.06. The Balaban J connectivity index is 1.60. The van der Waals surface area contributed by atoms with Crippen molar-refractivity contribution >= 4 is 12.0 Å². The molecule has 1 aliphatic rings. The van der Waals surface area contributed by atoms with Gasteiger partial charge >= 0.3 is 6.09 Å². The summed E-state index contributed by atoms with van der Waals surface area (Å²) in [5.41, 5.74) is 7.08. The van der Waals surface area contributed by atoms with Crippen LogP contribution in [0.5, 0.6) is 0 Å². The monoisotopic (exact) mass is 396 g/mol. The van der Waals surface area contributed by atoms with Crippen LogP contribution in [-0.4, -0.2) is 31.3 Å². The van der Waals surface area contributed by atoms with Gasteiger partial charge in [0.05, 0.1) is 6.61 Å². The molecule has 0 fully saturated rings. The van der Waals surface area contributed by atoms with Crippen molar-refractivity contribution in [2.75, 3.05) is 13.2 Å². The van der Waals surface area contributed by atoms with Crippen LogP contribution in [0.2, 0.25) is 0 Å². The van der Waals surface area contributed by atoms with E-state index < -0.39 is 6.09 Å². The van der Waals surface area contributed by atoms with E-state index in [0.717, 1.165) is 6.42 Å². The van der Waals surface area contributed by atoms with Crippen LogP contribution >= 0.6 is 0 Å². The molecular formula is C23H28N2O4. The van der Waals surface area contributed by atoms with Gasteiger partial charge in [-0.1, -0.05) is 61.9 Å². The summed E-state index contributed by atoms with van der Waals surface area (Å²) in [6, 6.07) is 16.1. The number of nitrogens with one attached hydrogen (secondary N) is 2. The number of hydrogen-bond acceptors (Lipinski definition) is 4. The molecule has 3 rings (SSSR count). The van der Waals surface area contributed by atoms with Crippen molar-refractivity contribution in [1.29, 1.82) is 0 Å². The molecule has 2 amide bonds. The van der Waals surface area contributed by atoms with Gasteiger partial charge in [-0.05, 0) is 35.6 Å². The van der Waals surface area contributed by atoms with Crippen molar-refractivity contribution in [3.63, 3.8) is 0 Å². The fourth-order valence-corrected chi connectivity index (χ4v) is 3.80. The van der Waals surface area contributed by atoms with Crippen molar-refractivity contribution in [2.45, 2.75) is 45.1 Å². The quantitative estimate of drug-likeness (QED) is 0.624. The zero-order valence-corrected chi connectivity index (χ0v) is 16.9. The van der Waals surface area contributed by atoms with Crippen molar-refractivity contribution in [1.82, 2.24) is 10.8 Å². The van der Waals surface area contributed by atoms with Gasteiger partial charge in [0, 0.05) is 18.4 Å². The predicted octanol–water partition coefficient (Wildman–Crippen LogP) is 4.15. The van der Waals surface area contributed by atoms with Crippen LogP contribution < -0.4 is 10.8 Å². The zero-order chi connectivity index (χ0) is 20.6. The van der Waals surface area contributed by atoms with Gasteiger partial charge in [0.1, 0.15) is 6.61 Å². The molecule has 0 saturated heterocycles. The molecule has 6 nitrogen and oxygen atoms in total. The molecule has 29 heavy (non-hydrogen) atoms. The highest BCUT2D eigenvalue weighted by Crippen LogP contribution is 2.44. The lowest BCUT2D eigenvalue weighted by atomic mass is 9.98. The Labute approximate surface area is 171 Å². The Hall–Kier alpha value is -2.86. The lowest BCUT2D eigenvalue weighted by Crippen LogP contribution is -2.39. The highest BCUT2D eigenvalue weighted by atomic mass is 16.6. The van der Waals surface area contributed by atoms with Gasteiger partial charge in [-0.3, -0.25) is 9.63 Å². The molecule has 0 aliphatic heterocycles. The van der Waals surface area contributed by atoms with Gasteiger partial charge in [-0.25, -0.2) is 10.3 Å². The average Bonchev–Trinajstić information content (AvgIpc) is 3.05. The van der Waals surface area contributed by atoms with E-state index in [9.17, 15) is 9.59 Å². The molecule has 154 valence electrons. The minimum atomic E-state index is -0.505. The molecule has 1 unspecified atom stereocenters. The van der Waals surface area contributed by atoms with Crippen LogP contribution in [-0.2, 0) is 14.4 Å². The average molecular weight is 396 g/mol. The number of amides is 2. The van der Waals surface area contributed by atoms with E-state index in [0.29, 0.717) is 13.0 Å². The van der Waals surface area contributed by atoms with E-state index in [-0.39, 0.29) is 30.9 Å². The first-order valence-corrected chi connectivity index (χ1v) is 10.2. The summed E-state index contributed by atoms with van der Waals surface area (Å²) in [6.45, 7) is 4.44. The molecule has 0 spiro atoms. The lowest BCUT2D eigenvalue weighted by molar-refractivity contribution is -0.133. The van der Waals surface area contributed by atoms with E-state index in [2.05, 4.69) is 35.1 Å². The standard InChI is InChI=1S/C23H28N2O4/c1-3-9-16(14-22(26)25-29-4-2)24-23(27)28-15-21-19-12-7-5-10-17(19)18-11-6-8-13-20(18)21/h5-8,10-13,16,21H,3-4,9,14-15H2,1-2H3,(H,24,27)(H,25,26). The second-order valence-corrected chi connectivity index (χ2v) is 7.12. The van der Waals surface area contributed by atoms with Gasteiger partial charge in [-0.15, -0.1) is 0 Å². The number of benzene rings is 2. The molecule has 0 radical (unpaired) electrons. The van der Waals surface area contributed by atoms with E-state index in [1.54, 1.807) is 6.92 Å². The Morgan fingerprint density at radius 2 is 1.62 bits per heavy atom. The maximum Gasteiger partial charge on any atom is 0.407 e. The lowest BCUT2D eigenvalue weighted by Gasteiger charge is -2.19. The third kappa shape index (κ3) is 5.15. The third-order valence-corrected chi connectivity index (χ3v) is 5.06. The maximum absolute atomic E-state index is 12.4. The molecule has 6 heteroatoms. The molecule has 2 N–H and O–H groups in total. The Morgan fingerprint density at radius 3 is 2.21 bits per heavy atom. The Kier molecular flexibility index (Phi) is 7.25. The molecule has 0 aromatic heterocycles. The molecule has 2 aromatic carbocycles. The molecule has 2 aromatic rings. The summed E-state index contributed by atoms with van der Waals surface area (Å²) in [5.74, 6) is -0.247. The molecule has 0 bridgehead atoms. The summed E-state index contributed by atoms with van der Waals surface area (Å²) < 4.78 is 5.57.